The van der Waals surface area contributed by atoms with Crippen LogP contribution >= 0.6 is 11.3 Å². The molecule has 0 bridgehead atoms. The van der Waals surface area contributed by atoms with E-state index in [4.69, 9.17) is 5.73 Å². The van der Waals surface area contributed by atoms with Crippen molar-refractivity contribution in [3.05, 3.63) is 122 Å². The van der Waals surface area contributed by atoms with Crippen molar-refractivity contribution in [1.29, 1.82) is 0 Å². The van der Waals surface area contributed by atoms with E-state index < -0.39 is 20.9 Å². The number of nitro benzene ring substituents is 1. The molecule has 0 atom stereocenters. The summed E-state index contributed by atoms with van der Waals surface area (Å²) in [7, 11) is -3.69. The highest BCUT2D eigenvalue weighted by Crippen LogP contribution is 2.30. The first-order chi connectivity index (χ1) is 19.7. The molecule has 1 aliphatic rings. The van der Waals surface area contributed by atoms with Crippen LogP contribution in [0.3, 0.4) is 0 Å². The zero-order valence-corrected chi connectivity index (χ0v) is 23.9. The number of nitrogens with one attached hydrogen (secondary N) is 1. The average Bonchev–Trinajstić information content (AvgIpc) is 3.43. The molecule has 4 aromatic rings. The number of piperidine rings is 1. The molecule has 1 aliphatic heterocycles. The predicted octanol–water partition coefficient (Wildman–Crippen LogP) is 5.20. The molecule has 0 aliphatic carbocycles. The molecular formula is C30H30N4O5S2. The summed E-state index contributed by atoms with van der Waals surface area (Å²) in [5, 5.41) is 14.8. The molecule has 9 nitrogen and oxygen atoms in total. The van der Waals surface area contributed by atoms with Gasteiger partial charge >= 0.3 is 0 Å². The molecule has 5 rings (SSSR count). The van der Waals surface area contributed by atoms with Gasteiger partial charge in [-0.15, -0.1) is 11.3 Å². The van der Waals surface area contributed by atoms with Crippen molar-refractivity contribution in [2.45, 2.75) is 35.9 Å². The van der Waals surface area contributed by atoms with Gasteiger partial charge in [0.1, 0.15) is 4.21 Å². The van der Waals surface area contributed by atoms with Crippen LogP contribution in [-0.4, -0.2) is 42.7 Å². The molecule has 3 aromatic carbocycles. The molecule has 2 heterocycles. The largest absolute Gasteiger partial charge is 0.382 e. The number of primary amides is 1. The third-order valence-electron chi connectivity index (χ3n) is 7.16. The zero-order chi connectivity index (χ0) is 29.0. The third-order valence-corrected chi connectivity index (χ3v) is 10.6. The molecule has 1 saturated heterocycles. The van der Waals surface area contributed by atoms with Crippen LogP contribution in [0.25, 0.3) is 0 Å². The highest BCUT2D eigenvalue weighted by molar-refractivity contribution is 7.91. The van der Waals surface area contributed by atoms with Crippen molar-refractivity contribution in [3.8, 4) is 0 Å². The van der Waals surface area contributed by atoms with Crippen LogP contribution < -0.4 is 11.1 Å². The second-order valence-corrected chi connectivity index (χ2v) is 13.4. The first-order valence-electron chi connectivity index (χ1n) is 13.2. The van der Waals surface area contributed by atoms with Gasteiger partial charge < -0.3 is 11.1 Å². The number of benzene rings is 3. The number of nitro groups is 1. The Morgan fingerprint density at radius 3 is 2.39 bits per heavy atom. The van der Waals surface area contributed by atoms with E-state index in [2.05, 4.69) is 29.6 Å². The fourth-order valence-corrected chi connectivity index (χ4v) is 8.07. The molecule has 1 fully saturated rings. The summed E-state index contributed by atoms with van der Waals surface area (Å²) >= 11 is 1.10. The predicted molar refractivity (Wildman–Crippen MR) is 160 cm³/mol. The maximum Gasteiger partial charge on any atom is 0.269 e. The van der Waals surface area contributed by atoms with E-state index in [0.29, 0.717) is 36.4 Å². The average molecular weight is 591 g/mol. The van der Waals surface area contributed by atoms with Gasteiger partial charge in [-0.1, -0.05) is 42.5 Å². The smallest absolute Gasteiger partial charge is 0.269 e. The van der Waals surface area contributed by atoms with E-state index >= 15 is 0 Å². The standard InChI is InChI=1S/C30H30N4O5S2/c31-30(35)28-11-9-26(34(36)37)19-23(28)20-27-10-12-29(40-27)41(38,39)33-15-13-24(14-16-33)32-25-8-4-7-22(18-25)17-21-5-2-1-3-6-21/h1-12,18-19,24,32H,13-17,20H2,(H2,31,35). The topological polar surface area (TPSA) is 136 Å². The van der Waals surface area contributed by atoms with Crippen LogP contribution in [0, 0.1) is 10.1 Å². The van der Waals surface area contributed by atoms with Crippen molar-refractivity contribution in [2.75, 3.05) is 18.4 Å². The Bertz CT molecular complexity index is 1660. The minimum atomic E-state index is -3.69. The molecule has 1 aromatic heterocycles. The summed E-state index contributed by atoms with van der Waals surface area (Å²) in [6, 6.07) is 25.9. The number of anilines is 1. The highest BCUT2D eigenvalue weighted by atomic mass is 32.2. The van der Waals surface area contributed by atoms with Crippen molar-refractivity contribution in [3.63, 3.8) is 0 Å². The summed E-state index contributed by atoms with van der Waals surface area (Å²) < 4.78 is 28.5. The number of nitrogens with zero attached hydrogens (tertiary/aromatic N) is 2. The number of hydrogen-bond donors (Lipinski definition) is 2. The molecule has 0 saturated carbocycles. The maximum absolute atomic E-state index is 13.4. The minimum Gasteiger partial charge on any atom is -0.382 e. The number of amides is 1. The molecule has 212 valence electrons. The van der Waals surface area contributed by atoms with Gasteiger partial charge in [0.25, 0.3) is 15.7 Å². The van der Waals surface area contributed by atoms with Crippen LogP contribution in [0.2, 0.25) is 0 Å². The fourth-order valence-electron chi connectivity index (χ4n) is 5.07. The van der Waals surface area contributed by atoms with Gasteiger partial charge in [-0.2, -0.15) is 4.31 Å². The lowest BCUT2D eigenvalue weighted by atomic mass is 10.0. The van der Waals surface area contributed by atoms with Crippen LogP contribution in [0.5, 0.6) is 0 Å². The number of carbonyl (C=O) groups is 1. The Kier molecular flexibility index (Phi) is 8.48. The number of rotatable bonds is 10. The van der Waals surface area contributed by atoms with E-state index in [1.165, 1.54) is 33.6 Å². The first-order valence-corrected chi connectivity index (χ1v) is 15.5. The Hall–Kier alpha value is -4.06. The Labute approximate surface area is 242 Å². The lowest BCUT2D eigenvalue weighted by molar-refractivity contribution is -0.384. The first kappa shape index (κ1) is 28.5. The molecule has 41 heavy (non-hydrogen) atoms. The Balaban J connectivity index is 1.21. The quantitative estimate of drug-likeness (QED) is 0.192. The van der Waals surface area contributed by atoms with Crippen LogP contribution in [0.4, 0.5) is 11.4 Å². The second kappa shape index (κ2) is 12.2. The fraction of sp³-hybridized carbons (Fsp3) is 0.233. The van der Waals surface area contributed by atoms with Gasteiger partial charge in [-0.3, -0.25) is 14.9 Å². The van der Waals surface area contributed by atoms with Gasteiger partial charge in [0.05, 0.1) is 4.92 Å². The van der Waals surface area contributed by atoms with Crippen molar-refractivity contribution >= 4 is 38.6 Å². The molecular weight excluding hydrogens is 560 g/mol. The number of hydrogen-bond acceptors (Lipinski definition) is 7. The summed E-state index contributed by atoms with van der Waals surface area (Å²) in [6.07, 6.45) is 2.36. The molecule has 0 radical (unpaired) electrons. The lowest BCUT2D eigenvalue weighted by Crippen LogP contribution is -2.42. The minimum absolute atomic E-state index is 0.159. The number of nitrogens with two attached hydrogens (primary N) is 1. The number of thiophene rings is 1. The molecule has 0 spiro atoms. The summed E-state index contributed by atoms with van der Waals surface area (Å²) in [5.41, 5.74) is 9.34. The summed E-state index contributed by atoms with van der Waals surface area (Å²) in [6.45, 7) is 0.793. The zero-order valence-electron chi connectivity index (χ0n) is 22.2. The van der Waals surface area contributed by atoms with E-state index in [1.54, 1.807) is 12.1 Å². The van der Waals surface area contributed by atoms with Gasteiger partial charge in [-0.25, -0.2) is 8.42 Å². The number of non-ortho nitro benzene ring substituents is 1. The van der Waals surface area contributed by atoms with Gasteiger partial charge in [0.2, 0.25) is 5.91 Å². The SMILES string of the molecule is NC(=O)c1ccc([N+](=O)[O-])cc1Cc1ccc(S(=O)(=O)N2CCC(Nc3cccc(Cc4ccccc4)c3)CC2)s1. The summed E-state index contributed by atoms with van der Waals surface area (Å²) in [5.74, 6) is -0.696. The van der Waals surface area contributed by atoms with Crippen molar-refractivity contribution in [2.24, 2.45) is 5.73 Å². The molecule has 3 N–H and O–H groups in total. The third kappa shape index (κ3) is 6.82. The Morgan fingerprint density at radius 2 is 1.68 bits per heavy atom. The van der Waals surface area contributed by atoms with E-state index in [1.807, 2.05) is 30.3 Å². The van der Waals surface area contributed by atoms with Crippen molar-refractivity contribution in [1.82, 2.24) is 4.31 Å². The van der Waals surface area contributed by atoms with Crippen LogP contribution in [0.15, 0.2) is 89.1 Å². The molecule has 0 unspecified atom stereocenters. The summed E-state index contributed by atoms with van der Waals surface area (Å²) in [4.78, 5) is 23.2. The Morgan fingerprint density at radius 1 is 0.951 bits per heavy atom. The van der Waals surface area contributed by atoms with E-state index in [9.17, 15) is 23.3 Å². The monoisotopic (exact) mass is 590 g/mol. The van der Waals surface area contributed by atoms with Gasteiger partial charge in [-0.05, 0) is 66.3 Å². The number of carbonyl (C=O) groups excluding carboxylic acids is 1. The van der Waals surface area contributed by atoms with Crippen molar-refractivity contribution < 1.29 is 18.1 Å². The lowest BCUT2D eigenvalue weighted by Gasteiger charge is -2.31. The molecule has 1 amide bonds. The highest BCUT2D eigenvalue weighted by Gasteiger charge is 2.30. The van der Waals surface area contributed by atoms with Gasteiger partial charge in [0.15, 0.2) is 0 Å². The van der Waals surface area contributed by atoms with E-state index in [-0.39, 0.29) is 27.9 Å². The molecule has 11 heteroatoms. The second-order valence-electron chi connectivity index (χ2n) is 10.0. The maximum atomic E-state index is 13.4. The normalized spacial score (nSPS) is 14.5. The van der Waals surface area contributed by atoms with E-state index in [0.717, 1.165) is 23.4 Å². The van der Waals surface area contributed by atoms with Gasteiger partial charge in [0, 0.05) is 53.8 Å². The number of sulfonamides is 1. The van der Waals surface area contributed by atoms with Crippen LogP contribution in [0.1, 0.15) is 44.8 Å². The van der Waals surface area contributed by atoms with Crippen LogP contribution in [-0.2, 0) is 22.9 Å².